The third kappa shape index (κ3) is 2.37. The number of rotatable bonds is 4. The Morgan fingerprint density at radius 3 is 2.55 bits per heavy atom. The van der Waals surface area contributed by atoms with Crippen LogP contribution in [0, 0.1) is 0 Å². The van der Waals surface area contributed by atoms with Crippen LogP contribution in [-0.4, -0.2) is 7.05 Å². The molecule has 102 valence electrons. The number of hydrogen-bond donors (Lipinski definition) is 1. The van der Waals surface area contributed by atoms with Gasteiger partial charge in [0.05, 0.1) is 6.04 Å². The van der Waals surface area contributed by atoms with Gasteiger partial charge in [0.2, 0.25) is 0 Å². The lowest BCUT2D eigenvalue weighted by Crippen LogP contribution is -2.16. The van der Waals surface area contributed by atoms with Crippen LogP contribution in [0.2, 0.25) is 0 Å². The molecule has 0 amide bonds. The average molecular weight is 281 g/mol. The Morgan fingerprint density at radius 2 is 1.80 bits per heavy atom. The maximum Gasteiger partial charge on any atom is 0.0674 e. The van der Waals surface area contributed by atoms with E-state index in [9.17, 15) is 0 Å². The zero-order chi connectivity index (χ0) is 13.9. The van der Waals surface area contributed by atoms with Crippen molar-refractivity contribution in [1.29, 1.82) is 0 Å². The molecule has 2 aromatic carbocycles. The van der Waals surface area contributed by atoms with Crippen LogP contribution in [0.5, 0.6) is 0 Å². The Hall–Kier alpha value is -1.64. The first-order chi connectivity index (χ1) is 9.83. The summed E-state index contributed by atoms with van der Waals surface area (Å²) in [5.74, 6) is 0. The van der Waals surface area contributed by atoms with Crippen LogP contribution in [0.3, 0.4) is 0 Å². The molecule has 20 heavy (non-hydrogen) atoms. The predicted molar refractivity (Wildman–Crippen MR) is 88.5 cm³/mol. The molecule has 2 heteroatoms. The molecular weight excluding hydrogens is 262 g/mol. The van der Waals surface area contributed by atoms with Crippen molar-refractivity contribution >= 4 is 22.1 Å². The lowest BCUT2D eigenvalue weighted by Gasteiger charge is -2.17. The van der Waals surface area contributed by atoms with E-state index >= 15 is 0 Å². The van der Waals surface area contributed by atoms with Gasteiger partial charge in [0, 0.05) is 9.75 Å². The van der Waals surface area contributed by atoms with Gasteiger partial charge in [-0.15, -0.1) is 11.3 Å². The molecule has 0 spiro atoms. The summed E-state index contributed by atoms with van der Waals surface area (Å²) in [6.07, 6.45) is 1.11. The summed E-state index contributed by atoms with van der Waals surface area (Å²) in [6, 6.07) is 19.9. The summed E-state index contributed by atoms with van der Waals surface area (Å²) in [6.45, 7) is 2.21. The quantitative estimate of drug-likeness (QED) is 0.726. The van der Waals surface area contributed by atoms with Gasteiger partial charge in [-0.2, -0.15) is 0 Å². The van der Waals surface area contributed by atoms with E-state index in [0.717, 1.165) is 6.42 Å². The first-order valence-electron chi connectivity index (χ1n) is 7.07. The maximum absolute atomic E-state index is 3.47. The van der Waals surface area contributed by atoms with Gasteiger partial charge < -0.3 is 5.32 Å². The molecule has 1 aromatic heterocycles. The highest BCUT2D eigenvalue weighted by molar-refractivity contribution is 7.12. The molecule has 3 rings (SSSR count). The smallest absolute Gasteiger partial charge is 0.0674 e. The molecule has 0 aliphatic rings. The topological polar surface area (TPSA) is 12.0 Å². The number of fused-ring (bicyclic) bond motifs is 1. The predicted octanol–water partition coefficient (Wildman–Crippen LogP) is 4.77. The average Bonchev–Trinajstić information content (AvgIpc) is 2.97. The summed E-state index contributed by atoms with van der Waals surface area (Å²) < 4.78 is 0. The molecule has 1 N–H and O–H groups in total. The van der Waals surface area contributed by atoms with E-state index < -0.39 is 0 Å². The minimum atomic E-state index is 0.270. The molecule has 0 bridgehead atoms. The van der Waals surface area contributed by atoms with Crippen LogP contribution in [0.1, 0.15) is 28.3 Å². The fraction of sp³-hybridized carbons (Fsp3) is 0.222. The van der Waals surface area contributed by atoms with Gasteiger partial charge in [-0.25, -0.2) is 0 Å². The van der Waals surface area contributed by atoms with E-state index in [1.807, 2.05) is 18.4 Å². The summed E-state index contributed by atoms with van der Waals surface area (Å²) in [4.78, 5) is 2.83. The fourth-order valence-electron chi connectivity index (χ4n) is 2.69. The zero-order valence-corrected chi connectivity index (χ0v) is 12.7. The van der Waals surface area contributed by atoms with Gasteiger partial charge in [0.15, 0.2) is 0 Å². The van der Waals surface area contributed by atoms with Crippen LogP contribution in [-0.2, 0) is 6.42 Å². The first kappa shape index (κ1) is 13.3. The summed E-state index contributed by atoms with van der Waals surface area (Å²) in [5, 5.41) is 6.11. The van der Waals surface area contributed by atoms with Gasteiger partial charge in [-0.05, 0) is 41.9 Å². The lowest BCUT2D eigenvalue weighted by atomic mass is 9.98. The second kappa shape index (κ2) is 5.78. The molecule has 0 aliphatic carbocycles. The molecule has 0 aliphatic heterocycles. The number of hydrogen-bond acceptors (Lipinski definition) is 2. The largest absolute Gasteiger partial charge is 0.309 e. The Kier molecular flexibility index (Phi) is 3.86. The van der Waals surface area contributed by atoms with E-state index in [0.29, 0.717) is 0 Å². The maximum atomic E-state index is 3.47. The second-order valence-corrected chi connectivity index (χ2v) is 6.15. The number of aryl methyl sites for hydroxylation is 1. The first-order valence-corrected chi connectivity index (χ1v) is 7.88. The lowest BCUT2D eigenvalue weighted by molar-refractivity contribution is 0.709. The standard InChI is InChI=1S/C18H19NS/c1-3-14-11-12-17(20-14)18(19-2)16-10-6-8-13-7-4-5-9-15(13)16/h4-12,18-19H,3H2,1-2H3. The van der Waals surface area contributed by atoms with E-state index in [1.54, 1.807) is 0 Å². The minimum Gasteiger partial charge on any atom is -0.309 e. The van der Waals surface area contributed by atoms with Crippen LogP contribution in [0.4, 0.5) is 0 Å². The molecular formula is C18H19NS. The van der Waals surface area contributed by atoms with Crippen molar-refractivity contribution in [1.82, 2.24) is 5.32 Å². The number of thiophene rings is 1. The molecule has 3 aromatic rings. The van der Waals surface area contributed by atoms with Crippen molar-refractivity contribution in [3.63, 3.8) is 0 Å². The molecule has 0 saturated carbocycles. The van der Waals surface area contributed by atoms with Gasteiger partial charge in [0.25, 0.3) is 0 Å². The van der Waals surface area contributed by atoms with E-state index in [4.69, 9.17) is 0 Å². The SMILES string of the molecule is CCc1ccc(C(NC)c2cccc3ccccc23)s1. The van der Waals surface area contributed by atoms with E-state index in [2.05, 4.69) is 66.8 Å². The van der Waals surface area contributed by atoms with Crippen LogP contribution < -0.4 is 5.32 Å². The molecule has 1 unspecified atom stereocenters. The summed E-state index contributed by atoms with van der Waals surface area (Å²) in [5.41, 5.74) is 1.36. The van der Waals surface area contributed by atoms with Crippen molar-refractivity contribution in [2.75, 3.05) is 7.05 Å². The molecule has 0 fully saturated rings. The van der Waals surface area contributed by atoms with Crippen molar-refractivity contribution < 1.29 is 0 Å². The van der Waals surface area contributed by atoms with Crippen molar-refractivity contribution in [3.8, 4) is 0 Å². The number of benzene rings is 2. The van der Waals surface area contributed by atoms with Gasteiger partial charge in [-0.3, -0.25) is 0 Å². The normalized spacial score (nSPS) is 12.7. The van der Waals surface area contributed by atoms with Gasteiger partial charge >= 0.3 is 0 Å². The molecule has 1 heterocycles. The van der Waals surface area contributed by atoms with Crippen molar-refractivity contribution in [3.05, 3.63) is 69.9 Å². The monoisotopic (exact) mass is 281 g/mol. The second-order valence-electron chi connectivity index (χ2n) is 4.95. The Morgan fingerprint density at radius 1 is 1.00 bits per heavy atom. The summed E-state index contributed by atoms with van der Waals surface area (Å²) in [7, 11) is 2.04. The number of nitrogens with one attached hydrogen (secondary N) is 1. The van der Waals surface area contributed by atoms with Crippen molar-refractivity contribution in [2.45, 2.75) is 19.4 Å². The third-order valence-electron chi connectivity index (χ3n) is 3.74. The van der Waals surface area contributed by atoms with E-state index in [-0.39, 0.29) is 6.04 Å². The van der Waals surface area contributed by atoms with E-state index in [1.165, 1.54) is 26.1 Å². The molecule has 0 radical (unpaired) electrons. The van der Waals surface area contributed by atoms with Crippen LogP contribution in [0.15, 0.2) is 54.6 Å². The van der Waals surface area contributed by atoms with Gasteiger partial charge in [-0.1, -0.05) is 49.4 Å². The van der Waals surface area contributed by atoms with Crippen LogP contribution >= 0.6 is 11.3 Å². The minimum absolute atomic E-state index is 0.270. The fourth-order valence-corrected chi connectivity index (χ4v) is 3.77. The molecule has 0 saturated heterocycles. The van der Waals surface area contributed by atoms with Crippen LogP contribution in [0.25, 0.3) is 10.8 Å². The summed E-state index contributed by atoms with van der Waals surface area (Å²) >= 11 is 1.91. The molecule has 1 nitrogen and oxygen atoms in total. The molecule has 1 atom stereocenters. The highest BCUT2D eigenvalue weighted by Gasteiger charge is 2.16. The zero-order valence-electron chi connectivity index (χ0n) is 11.9. The third-order valence-corrected chi connectivity index (χ3v) is 5.03. The van der Waals surface area contributed by atoms with Gasteiger partial charge in [0.1, 0.15) is 0 Å². The Balaban J connectivity index is 2.11. The highest BCUT2D eigenvalue weighted by Crippen LogP contribution is 2.32. The Bertz CT molecular complexity index is 709. The Labute approximate surface area is 124 Å². The van der Waals surface area contributed by atoms with Crippen molar-refractivity contribution in [2.24, 2.45) is 0 Å². The highest BCUT2D eigenvalue weighted by atomic mass is 32.1.